The molecular weight excluding hydrogens is 224 g/mol. The fourth-order valence-electron chi connectivity index (χ4n) is 1.71. The van der Waals surface area contributed by atoms with Crippen molar-refractivity contribution in [1.82, 2.24) is 0 Å². The van der Waals surface area contributed by atoms with E-state index in [-0.39, 0.29) is 0 Å². The summed E-state index contributed by atoms with van der Waals surface area (Å²) in [6, 6.07) is 15.7. The first-order chi connectivity index (χ1) is 8.83. The van der Waals surface area contributed by atoms with E-state index in [9.17, 15) is 0 Å². The molecule has 0 aliphatic rings. The summed E-state index contributed by atoms with van der Waals surface area (Å²) >= 11 is 0. The highest BCUT2D eigenvalue weighted by molar-refractivity contribution is 5.48. The second-order valence-electron chi connectivity index (χ2n) is 3.89. The molecule has 0 saturated carbocycles. The molecule has 0 atom stereocenters. The van der Waals surface area contributed by atoms with Gasteiger partial charge in [-0.15, -0.1) is 0 Å². The van der Waals surface area contributed by atoms with Crippen molar-refractivity contribution in [3.8, 4) is 11.5 Å². The number of para-hydroxylation sites is 2. The molecule has 92 valence electrons. The van der Waals surface area contributed by atoms with E-state index in [1.54, 1.807) is 7.11 Å². The van der Waals surface area contributed by atoms with Crippen LogP contribution in [0.15, 0.2) is 55.1 Å². The molecule has 0 heterocycles. The Labute approximate surface area is 107 Å². The lowest BCUT2D eigenvalue weighted by molar-refractivity contribution is 0.284. The van der Waals surface area contributed by atoms with Gasteiger partial charge in [-0.25, -0.2) is 0 Å². The van der Waals surface area contributed by atoms with Gasteiger partial charge in [-0.1, -0.05) is 43.0 Å². The summed E-state index contributed by atoms with van der Waals surface area (Å²) in [5, 5.41) is 0. The monoisotopic (exact) mass is 240 g/mol. The predicted molar refractivity (Wildman–Crippen MR) is 73.9 cm³/mol. The molecule has 18 heavy (non-hydrogen) atoms. The molecule has 0 bridgehead atoms. The molecule has 2 heteroatoms. The molecule has 0 aromatic heterocycles. The molecule has 0 aliphatic carbocycles. The van der Waals surface area contributed by atoms with Crippen LogP contribution in [0.2, 0.25) is 0 Å². The molecule has 2 aromatic rings. The van der Waals surface area contributed by atoms with Crippen LogP contribution in [-0.2, 0) is 6.61 Å². The first-order valence-electron chi connectivity index (χ1n) is 5.80. The highest BCUT2D eigenvalue weighted by atomic mass is 16.5. The molecule has 2 aromatic carbocycles. The summed E-state index contributed by atoms with van der Waals surface area (Å²) in [7, 11) is 1.64. The zero-order valence-electron chi connectivity index (χ0n) is 10.4. The number of ether oxygens (including phenoxy) is 2. The Morgan fingerprint density at radius 1 is 1.06 bits per heavy atom. The van der Waals surface area contributed by atoms with Crippen LogP contribution >= 0.6 is 0 Å². The fourth-order valence-corrected chi connectivity index (χ4v) is 1.71. The van der Waals surface area contributed by atoms with E-state index in [1.165, 1.54) is 0 Å². The van der Waals surface area contributed by atoms with Gasteiger partial charge in [0.15, 0.2) is 11.5 Å². The third-order valence-electron chi connectivity index (χ3n) is 2.65. The van der Waals surface area contributed by atoms with Gasteiger partial charge in [-0.2, -0.15) is 0 Å². The lowest BCUT2D eigenvalue weighted by Crippen LogP contribution is -1.97. The van der Waals surface area contributed by atoms with E-state index < -0.39 is 0 Å². The Kier molecular flexibility index (Phi) is 4.02. The highest BCUT2D eigenvalue weighted by Crippen LogP contribution is 2.26. The van der Waals surface area contributed by atoms with E-state index in [0.29, 0.717) is 6.61 Å². The van der Waals surface area contributed by atoms with Crippen LogP contribution in [0.4, 0.5) is 0 Å². The van der Waals surface area contributed by atoms with Gasteiger partial charge in [-0.05, 0) is 29.3 Å². The average molecular weight is 240 g/mol. The Morgan fingerprint density at radius 3 is 2.56 bits per heavy atom. The zero-order chi connectivity index (χ0) is 12.8. The van der Waals surface area contributed by atoms with Crippen molar-refractivity contribution < 1.29 is 9.47 Å². The molecule has 0 aliphatic heterocycles. The van der Waals surface area contributed by atoms with Crippen molar-refractivity contribution in [3.63, 3.8) is 0 Å². The summed E-state index contributed by atoms with van der Waals surface area (Å²) in [6.07, 6.45) is 1.83. The maximum Gasteiger partial charge on any atom is 0.161 e. The maximum atomic E-state index is 5.75. The number of hydrogen-bond donors (Lipinski definition) is 0. The van der Waals surface area contributed by atoms with E-state index in [0.717, 1.165) is 22.6 Å². The van der Waals surface area contributed by atoms with Crippen LogP contribution < -0.4 is 9.47 Å². The quantitative estimate of drug-likeness (QED) is 0.788. The normalized spacial score (nSPS) is 9.83. The first kappa shape index (κ1) is 12.2. The molecule has 0 saturated heterocycles. The second kappa shape index (κ2) is 5.92. The maximum absolute atomic E-state index is 5.75. The predicted octanol–water partition coefficient (Wildman–Crippen LogP) is 3.92. The van der Waals surface area contributed by atoms with Crippen LogP contribution in [-0.4, -0.2) is 7.11 Å². The molecule has 2 rings (SSSR count). The van der Waals surface area contributed by atoms with Gasteiger partial charge in [0.25, 0.3) is 0 Å². The summed E-state index contributed by atoms with van der Waals surface area (Å²) in [5.41, 5.74) is 2.20. The van der Waals surface area contributed by atoms with Crippen LogP contribution in [0.25, 0.3) is 6.08 Å². The van der Waals surface area contributed by atoms with Crippen molar-refractivity contribution in [2.24, 2.45) is 0 Å². The highest BCUT2D eigenvalue weighted by Gasteiger charge is 2.02. The van der Waals surface area contributed by atoms with Gasteiger partial charge in [-0.3, -0.25) is 0 Å². The van der Waals surface area contributed by atoms with Gasteiger partial charge in [0, 0.05) is 0 Å². The molecular formula is C16H16O2. The summed E-state index contributed by atoms with van der Waals surface area (Å²) in [4.78, 5) is 0. The van der Waals surface area contributed by atoms with Crippen molar-refractivity contribution >= 4 is 6.08 Å². The molecule has 0 N–H and O–H groups in total. The van der Waals surface area contributed by atoms with Crippen LogP contribution in [0.3, 0.4) is 0 Å². The fraction of sp³-hybridized carbons (Fsp3) is 0.125. The van der Waals surface area contributed by atoms with Gasteiger partial charge >= 0.3 is 0 Å². The smallest absolute Gasteiger partial charge is 0.161 e. The van der Waals surface area contributed by atoms with Gasteiger partial charge in [0.1, 0.15) is 6.61 Å². The van der Waals surface area contributed by atoms with E-state index in [2.05, 4.69) is 12.6 Å². The first-order valence-corrected chi connectivity index (χ1v) is 5.80. The second-order valence-corrected chi connectivity index (χ2v) is 3.89. The molecule has 2 nitrogen and oxygen atoms in total. The minimum Gasteiger partial charge on any atom is -0.493 e. The van der Waals surface area contributed by atoms with Gasteiger partial charge in [0.05, 0.1) is 7.11 Å². The Morgan fingerprint density at radius 2 is 1.83 bits per heavy atom. The number of methoxy groups -OCH3 is 1. The minimum atomic E-state index is 0.516. The SMILES string of the molecule is C=Cc1cccc(COc2ccccc2OC)c1. The average Bonchev–Trinajstić information content (AvgIpc) is 2.45. The Bertz CT molecular complexity index is 532. The largest absolute Gasteiger partial charge is 0.493 e. The molecule has 0 spiro atoms. The zero-order valence-corrected chi connectivity index (χ0v) is 10.4. The topological polar surface area (TPSA) is 18.5 Å². The summed E-state index contributed by atoms with van der Waals surface area (Å²) < 4.78 is 11.0. The van der Waals surface area contributed by atoms with Crippen molar-refractivity contribution in [2.45, 2.75) is 6.61 Å². The van der Waals surface area contributed by atoms with E-state index in [1.807, 2.05) is 48.5 Å². The van der Waals surface area contributed by atoms with Crippen molar-refractivity contribution in [1.29, 1.82) is 0 Å². The van der Waals surface area contributed by atoms with E-state index >= 15 is 0 Å². The number of benzene rings is 2. The third-order valence-corrected chi connectivity index (χ3v) is 2.65. The third kappa shape index (κ3) is 2.92. The van der Waals surface area contributed by atoms with E-state index in [4.69, 9.17) is 9.47 Å². The minimum absolute atomic E-state index is 0.516. The van der Waals surface area contributed by atoms with Crippen LogP contribution in [0, 0.1) is 0 Å². The van der Waals surface area contributed by atoms with Gasteiger partial charge < -0.3 is 9.47 Å². The van der Waals surface area contributed by atoms with Crippen molar-refractivity contribution in [3.05, 3.63) is 66.2 Å². The lowest BCUT2D eigenvalue weighted by Gasteiger charge is -2.10. The van der Waals surface area contributed by atoms with Crippen LogP contribution in [0.1, 0.15) is 11.1 Å². The van der Waals surface area contributed by atoms with Crippen molar-refractivity contribution in [2.75, 3.05) is 7.11 Å². The molecule has 0 radical (unpaired) electrons. The number of hydrogen-bond acceptors (Lipinski definition) is 2. The molecule has 0 unspecified atom stereocenters. The summed E-state index contributed by atoms with van der Waals surface area (Å²) in [6.45, 7) is 4.27. The number of rotatable bonds is 5. The molecule has 0 amide bonds. The molecule has 0 fully saturated rings. The standard InChI is InChI=1S/C16H16O2/c1-3-13-7-6-8-14(11-13)12-18-16-10-5-4-9-15(16)17-2/h3-11H,1,12H2,2H3. The Balaban J connectivity index is 2.08. The Hall–Kier alpha value is -2.22. The summed E-state index contributed by atoms with van der Waals surface area (Å²) in [5.74, 6) is 1.50. The van der Waals surface area contributed by atoms with Crippen LogP contribution in [0.5, 0.6) is 11.5 Å². The lowest BCUT2D eigenvalue weighted by atomic mass is 10.1. The van der Waals surface area contributed by atoms with Gasteiger partial charge in [0.2, 0.25) is 0 Å².